The maximum Gasteiger partial charge on any atom is 0.170 e. The van der Waals surface area contributed by atoms with E-state index < -0.39 is 11.6 Å². The fourth-order valence-electron chi connectivity index (χ4n) is 3.88. The van der Waals surface area contributed by atoms with Gasteiger partial charge in [0.05, 0.1) is 17.5 Å². The van der Waals surface area contributed by atoms with Crippen molar-refractivity contribution in [1.29, 1.82) is 0 Å². The lowest BCUT2D eigenvalue weighted by Gasteiger charge is -2.20. The van der Waals surface area contributed by atoms with Crippen LogP contribution in [0.1, 0.15) is 58.9 Å². The number of hydrogen-bond acceptors (Lipinski definition) is 4. The molecule has 0 unspecified atom stereocenters. The van der Waals surface area contributed by atoms with Crippen molar-refractivity contribution in [2.75, 3.05) is 0 Å². The molecule has 7 heteroatoms. The van der Waals surface area contributed by atoms with E-state index in [0.29, 0.717) is 35.8 Å². The van der Waals surface area contributed by atoms with Gasteiger partial charge < -0.3 is 0 Å². The van der Waals surface area contributed by atoms with E-state index >= 15 is 0 Å². The molecule has 0 amide bonds. The molecule has 2 heterocycles. The summed E-state index contributed by atoms with van der Waals surface area (Å²) in [7, 11) is 0. The van der Waals surface area contributed by atoms with Gasteiger partial charge in [-0.3, -0.25) is 14.6 Å². The van der Waals surface area contributed by atoms with Crippen molar-refractivity contribution in [1.82, 2.24) is 14.8 Å². The van der Waals surface area contributed by atoms with Crippen LogP contribution in [0.15, 0.2) is 42.7 Å². The van der Waals surface area contributed by atoms with E-state index in [4.69, 9.17) is 0 Å². The second-order valence-electron chi connectivity index (χ2n) is 7.66. The average molecular weight is 409 g/mol. The van der Waals surface area contributed by atoms with Gasteiger partial charge in [-0.25, -0.2) is 13.5 Å². The van der Waals surface area contributed by atoms with Crippen LogP contribution in [0.4, 0.5) is 8.78 Å². The highest BCUT2D eigenvalue weighted by molar-refractivity contribution is 5.98. The normalized spacial score (nSPS) is 14.8. The number of benzene rings is 1. The molecule has 4 rings (SSSR count). The number of aromatic nitrogens is 3. The molecule has 5 nitrogen and oxygen atoms in total. The molecular weight excluding hydrogens is 388 g/mol. The van der Waals surface area contributed by atoms with Crippen LogP contribution in [0.3, 0.4) is 0 Å². The second kappa shape index (κ2) is 8.26. The summed E-state index contributed by atoms with van der Waals surface area (Å²) in [6.07, 6.45) is 6.10. The highest BCUT2D eigenvalue weighted by Crippen LogP contribution is 2.30. The minimum absolute atomic E-state index is 0.0879. The van der Waals surface area contributed by atoms with E-state index in [9.17, 15) is 18.4 Å². The first-order valence-electron chi connectivity index (χ1n) is 9.92. The molecule has 1 aliphatic rings. The Balaban J connectivity index is 1.48. The predicted molar refractivity (Wildman–Crippen MR) is 107 cm³/mol. The number of ketones is 2. The molecule has 0 spiro atoms. The SMILES string of the molecule is Cc1c(C(=O)Cc2ccc(C3CCC(=O)CC3)nc2)cnn1-c1ccc(F)cc1F. The Morgan fingerprint density at radius 2 is 1.90 bits per heavy atom. The highest BCUT2D eigenvalue weighted by Gasteiger charge is 2.22. The molecule has 2 aromatic heterocycles. The molecular formula is C23H21F2N3O2. The van der Waals surface area contributed by atoms with Crippen LogP contribution < -0.4 is 0 Å². The van der Waals surface area contributed by atoms with Crippen molar-refractivity contribution in [3.05, 3.63) is 76.9 Å². The van der Waals surface area contributed by atoms with Gasteiger partial charge in [0.2, 0.25) is 0 Å². The molecule has 1 fully saturated rings. The first kappa shape index (κ1) is 20.1. The first-order chi connectivity index (χ1) is 14.4. The van der Waals surface area contributed by atoms with Gasteiger partial charge in [0.25, 0.3) is 0 Å². The van der Waals surface area contributed by atoms with E-state index in [-0.39, 0.29) is 17.9 Å². The largest absolute Gasteiger partial charge is 0.300 e. The monoisotopic (exact) mass is 409 g/mol. The zero-order valence-corrected chi connectivity index (χ0v) is 16.6. The number of halogens is 2. The first-order valence-corrected chi connectivity index (χ1v) is 9.92. The number of hydrogen-bond donors (Lipinski definition) is 0. The number of Topliss-reactive ketones (excluding diaryl/α,β-unsaturated/α-hetero) is 2. The molecule has 0 aliphatic heterocycles. The van der Waals surface area contributed by atoms with E-state index in [1.54, 1.807) is 13.1 Å². The Morgan fingerprint density at radius 1 is 1.13 bits per heavy atom. The smallest absolute Gasteiger partial charge is 0.170 e. The van der Waals surface area contributed by atoms with Gasteiger partial charge in [0, 0.05) is 43.1 Å². The fraction of sp³-hybridized carbons (Fsp3) is 0.304. The third-order valence-electron chi connectivity index (χ3n) is 5.62. The Kier molecular flexibility index (Phi) is 5.53. The second-order valence-corrected chi connectivity index (χ2v) is 7.66. The van der Waals surface area contributed by atoms with Gasteiger partial charge in [0.1, 0.15) is 17.3 Å². The number of carbonyl (C=O) groups excluding carboxylic acids is 2. The summed E-state index contributed by atoms with van der Waals surface area (Å²) in [4.78, 5) is 28.7. The third kappa shape index (κ3) is 4.06. The Labute approximate surface area is 172 Å². The third-order valence-corrected chi connectivity index (χ3v) is 5.62. The van der Waals surface area contributed by atoms with Gasteiger partial charge in [-0.2, -0.15) is 5.10 Å². The van der Waals surface area contributed by atoms with E-state index in [0.717, 1.165) is 36.2 Å². The van der Waals surface area contributed by atoms with Gasteiger partial charge >= 0.3 is 0 Å². The summed E-state index contributed by atoms with van der Waals surface area (Å²) in [6.45, 7) is 1.68. The Hall–Kier alpha value is -3.22. The predicted octanol–water partition coefficient (Wildman–Crippen LogP) is 4.51. The lowest BCUT2D eigenvalue weighted by Crippen LogP contribution is -2.13. The summed E-state index contributed by atoms with van der Waals surface area (Å²) < 4.78 is 28.5. The van der Waals surface area contributed by atoms with Gasteiger partial charge in [-0.15, -0.1) is 0 Å². The van der Waals surface area contributed by atoms with E-state index in [2.05, 4.69) is 10.1 Å². The number of nitrogens with zero attached hydrogens (tertiary/aromatic N) is 3. The van der Waals surface area contributed by atoms with E-state index in [1.807, 2.05) is 12.1 Å². The van der Waals surface area contributed by atoms with Crippen LogP contribution in [0.25, 0.3) is 5.69 Å². The van der Waals surface area contributed by atoms with E-state index in [1.165, 1.54) is 16.9 Å². The van der Waals surface area contributed by atoms with Crippen LogP contribution in [-0.4, -0.2) is 26.3 Å². The zero-order valence-electron chi connectivity index (χ0n) is 16.6. The molecule has 154 valence electrons. The standard InChI is InChI=1S/C23H21F2N3O2/c1-14-19(13-27-28(14)22-9-5-17(24)11-20(22)25)23(30)10-15-2-8-21(26-12-15)16-3-6-18(29)7-4-16/h2,5,8-9,11-13,16H,3-4,6-7,10H2,1H3. The number of rotatable bonds is 5. The van der Waals surface area contributed by atoms with Crippen molar-refractivity contribution in [2.45, 2.75) is 44.9 Å². The quantitative estimate of drug-likeness (QED) is 0.582. The molecule has 0 radical (unpaired) electrons. The molecule has 0 bridgehead atoms. The molecule has 0 saturated heterocycles. The van der Waals surface area contributed by atoms with Crippen LogP contribution in [0, 0.1) is 18.6 Å². The molecule has 1 aliphatic carbocycles. The van der Waals surface area contributed by atoms with Crippen molar-refractivity contribution >= 4 is 11.6 Å². The minimum atomic E-state index is -0.746. The molecule has 1 saturated carbocycles. The Morgan fingerprint density at radius 3 is 2.57 bits per heavy atom. The summed E-state index contributed by atoms with van der Waals surface area (Å²) in [6, 6.07) is 7.04. The summed E-state index contributed by atoms with van der Waals surface area (Å²) in [5, 5.41) is 4.11. The number of carbonyl (C=O) groups is 2. The minimum Gasteiger partial charge on any atom is -0.300 e. The van der Waals surface area contributed by atoms with Crippen molar-refractivity contribution in [2.24, 2.45) is 0 Å². The summed E-state index contributed by atoms with van der Waals surface area (Å²) in [5.41, 5.74) is 2.69. The van der Waals surface area contributed by atoms with Crippen LogP contribution in [0.5, 0.6) is 0 Å². The van der Waals surface area contributed by atoms with Gasteiger partial charge in [0.15, 0.2) is 11.6 Å². The maximum atomic E-state index is 14.1. The lowest BCUT2D eigenvalue weighted by atomic mass is 9.86. The fourth-order valence-corrected chi connectivity index (χ4v) is 3.88. The highest BCUT2D eigenvalue weighted by atomic mass is 19.1. The topological polar surface area (TPSA) is 64.8 Å². The summed E-state index contributed by atoms with van der Waals surface area (Å²) >= 11 is 0. The molecule has 1 aromatic carbocycles. The number of pyridine rings is 1. The molecule has 0 atom stereocenters. The Bertz CT molecular complexity index is 1100. The van der Waals surface area contributed by atoms with Gasteiger partial charge in [-0.05, 0) is 43.5 Å². The summed E-state index contributed by atoms with van der Waals surface area (Å²) in [5.74, 6) is -0.972. The molecule has 30 heavy (non-hydrogen) atoms. The van der Waals surface area contributed by atoms with Crippen LogP contribution >= 0.6 is 0 Å². The van der Waals surface area contributed by atoms with Crippen molar-refractivity contribution < 1.29 is 18.4 Å². The van der Waals surface area contributed by atoms with Crippen LogP contribution in [-0.2, 0) is 11.2 Å². The van der Waals surface area contributed by atoms with Gasteiger partial charge in [-0.1, -0.05) is 6.07 Å². The zero-order chi connectivity index (χ0) is 21.3. The van der Waals surface area contributed by atoms with Crippen LogP contribution in [0.2, 0.25) is 0 Å². The molecule has 3 aromatic rings. The molecule has 0 N–H and O–H groups in total. The van der Waals surface area contributed by atoms with Crippen molar-refractivity contribution in [3.63, 3.8) is 0 Å². The average Bonchev–Trinajstić information content (AvgIpc) is 3.10. The van der Waals surface area contributed by atoms with Crippen molar-refractivity contribution in [3.8, 4) is 5.69 Å². The lowest BCUT2D eigenvalue weighted by molar-refractivity contribution is -0.120. The maximum absolute atomic E-state index is 14.1.